The Morgan fingerprint density at radius 1 is 0.344 bits per heavy atom. The Kier molecular flexibility index (Phi) is 8.07. The van der Waals surface area contributed by atoms with Crippen molar-refractivity contribution >= 4 is 71.2 Å². The number of halogens is 1. The Morgan fingerprint density at radius 2 is 0.934 bits per heavy atom. The van der Waals surface area contributed by atoms with E-state index >= 15 is 4.39 Å². The standard InChI is InChI=1S/C58H37FN2/c59-52-21-11-13-23-54(52)60(47-35-43(38-14-4-1-5-15-38)34-44(36-47)39-16-6-2-7-17-39)46-29-26-40(27-30-46)48-31-28-41-24-25-42-37-55-58(51-33-32-49(48)56(41)57(42)51)50-20-10-12-22-53(50)61(55)45-18-8-3-9-19-45/h1-37H. The smallest absolute Gasteiger partial charge is 0.147 e. The number of fused-ring (bicyclic) bond motifs is 4. The van der Waals surface area contributed by atoms with Gasteiger partial charge in [-0.25, -0.2) is 4.39 Å². The van der Waals surface area contributed by atoms with Crippen LogP contribution in [0.4, 0.5) is 21.5 Å². The Hall–Kier alpha value is -8.01. The molecule has 0 N–H and O–H groups in total. The lowest BCUT2D eigenvalue weighted by Crippen LogP contribution is -2.12. The van der Waals surface area contributed by atoms with E-state index in [0.29, 0.717) is 5.69 Å². The summed E-state index contributed by atoms with van der Waals surface area (Å²) in [7, 11) is 0. The zero-order chi connectivity index (χ0) is 40.4. The Labute approximate surface area is 353 Å². The second-order valence-electron chi connectivity index (χ2n) is 15.8. The summed E-state index contributed by atoms with van der Waals surface area (Å²) in [6, 6.07) is 78.5. The monoisotopic (exact) mass is 780 g/mol. The summed E-state index contributed by atoms with van der Waals surface area (Å²) < 4.78 is 18.4. The zero-order valence-corrected chi connectivity index (χ0v) is 33.1. The molecule has 12 aromatic rings. The molecule has 2 nitrogen and oxygen atoms in total. The molecule has 0 unspecified atom stereocenters. The van der Waals surface area contributed by atoms with Crippen molar-refractivity contribution in [1.82, 2.24) is 4.57 Å². The minimum absolute atomic E-state index is 0.286. The molecular weight excluding hydrogens is 744 g/mol. The number of anilines is 3. The molecule has 0 fully saturated rings. The lowest BCUT2D eigenvalue weighted by atomic mass is 9.88. The molecule has 1 heterocycles. The highest BCUT2D eigenvalue weighted by Crippen LogP contribution is 2.46. The molecule has 1 aromatic heterocycles. The van der Waals surface area contributed by atoms with E-state index in [1.807, 2.05) is 29.2 Å². The Bertz CT molecular complexity index is 3520. The largest absolute Gasteiger partial charge is 0.309 e. The molecule has 0 aliphatic rings. The maximum Gasteiger partial charge on any atom is 0.147 e. The van der Waals surface area contributed by atoms with Gasteiger partial charge in [0.1, 0.15) is 5.82 Å². The normalized spacial score (nSPS) is 11.7. The summed E-state index contributed by atoms with van der Waals surface area (Å²) in [4.78, 5) is 2.04. The summed E-state index contributed by atoms with van der Waals surface area (Å²) in [6.07, 6.45) is 0. The molecule has 0 aliphatic carbocycles. The van der Waals surface area contributed by atoms with Crippen molar-refractivity contribution in [3.8, 4) is 39.1 Å². The van der Waals surface area contributed by atoms with Crippen LogP contribution < -0.4 is 4.90 Å². The van der Waals surface area contributed by atoms with Crippen LogP contribution in [0.5, 0.6) is 0 Å². The Morgan fingerprint density at radius 3 is 1.66 bits per heavy atom. The first-order valence-electron chi connectivity index (χ1n) is 20.8. The molecule has 0 saturated heterocycles. The van der Waals surface area contributed by atoms with Gasteiger partial charge >= 0.3 is 0 Å². The topological polar surface area (TPSA) is 8.17 Å². The molecule has 3 heteroatoms. The van der Waals surface area contributed by atoms with Crippen molar-refractivity contribution in [3.05, 3.63) is 230 Å². The molecule has 0 saturated carbocycles. The van der Waals surface area contributed by atoms with E-state index in [1.165, 1.54) is 60.2 Å². The molecule has 12 rings (SSSR count). The van der Waals surface area contributed by atoms with Gasteiger partial charge < -0.3 is 9.47 Å². The number of para-hydroxylation sites is 3. The Balaban J connectivity index is 1.02. The van der Waals surface area contributed by atoms with Gasteiger partial charge in [-0.1, -0.05) is 158 Å². The van der Waals surface area contributed by atoms with Crippen LogP contribution in [0.1, 0.15) is 0 Å². The van der Waals surface area contributed by atoms with E-state index in [9.17, 15) is 0 Å². The highest BCUT2D eigenvalue weighted by molar-refractivity contribution is 6.34. The van der Waals surface area contributed by atoms with Crippen LogP contribution in [-0.2, 0) is 0 Å². The summed E-state index contributed by atoms with van der Waals surface area (Å²) >= 11 is 0. The van der Waals surface area contributed by atoms with Gasteiger partial charge in [0.2, 0.25) is 0 Å². The number of rotatable bonds is 7. The van der Waals surface area contributed by atoms with Crippen molar-refractivity contribution in [2.45, 2.75) is 0 Å². The van der Waals surface area contributed by atoms with E-state index < -0.39 is 0 Å². The van der Waals surface area contributed by atoms with Crippen LogP contribution in [-0.4, -0.2) is 4.57 Å². The van der Waals surface area contributed by atoms with E-state index in [-0.39, 0.29) is 5.82 Å². The molecule has 0 spiro atoms. The van der Waals surface area contributed by atoms with Crippen molar-refractivity contribution in [3.63, 3.8) is 0 Å². The second-order valence-corrected chi connectivity index (χ2v) is 15.8. The van der Waals surface area contributed by atoms with Crippen LogP contribution >= 0.6 is 0 Å². The third-order valence-corrected chi connectivity index (χ3v) is 12.4. The molecular formula is C58H37FN2. The molecule has 0 amide bonds. The predicted molar refractivity (Wildman–Crippen MR) is 255 cm³/mol. The molecule has 286 valence electrons. The fraction of sp³-hybridized carbons (Fsp3) is 0. The van der Waals surface area contributed by atoms with E-state index in [1.54, 1.807) is 6.07 Å². The highest BCUT2D eigenvalue weighted by atomic mass is 19.1. The average Bonchev–Trinajstić information content (AvgIpc) is 3.66. The summed E-state index contributed by atoms with van der Waals surface area (Å²) in [6.45, 7) is 0. The van der Waals surface area contributed by atoms with Gasteiger partial charge in [0, 0.05) is 27.8 Å². The molecule has 0 bridgehead atoms. The third kappa shape index (κ3) is 5.70. The fourth-order valence-electron chi connectivity index (χ4n) is 9.62. The van der Waals surface area contributed by atoms with Gasteiger partial charge in [0.15, 0.2) is 0 Å². The van der Waals surface area contributed by atoms with Crippen LogP contribution in [0.3, 0.4) is 0 Å². The molecule has 0 atom stereocenters. The maximum atomic E-state index is 16.0. The number of benzene rings is 11. The number of hydrogen-bond acceptors (Lipinski definition) is 1. The maximum absolute atomic E-state index is 16.0. The van der Waals surface area contributed by atoms with Crippen molar-refractivity contribution < 1.29 is 4.39 Å². The van der Waals surface area contributed by atoms with Crippen molar-refractivity contribution in [2.75, 3.05) is 4.90 Å². The molecule has 0 radical (unpaired) electrons. The van der Waals surface area contributed by atoms with Gasteiger partial charge in [0.25, 0.3) is 0 Å². The number of hydrogen-bond donors (Lipinski definition) is 0. The van der Waals surface area contributed by atoms with Gasteiger partial charge in [-0.2, -0.15) is 0 Å². The molecule has 0 aliphatic heterocycles. The van der Waals surface area contributed by atoms with Crippen LogP contribution in [0.15, 0.2) is 224 Å². The van der Waals surface area contributed by atoms with Crippen LogP contribution in [0.2, 0.25) is 0 Å². The first-order valence-corrected chi connectivity index (χ1v) is 20.8. The lowest BCUT2D eigenvalue weighted by molar-refractivity contribution is 0.629. The minimum Gasteiger partial charge on any atom is -0.309 e. The number of aromatic nitrogens is 1. The van der Waals surface area contributed by atoms with Gasteiger partial charge in [-0.05, 0) is 132 Å². The fourth-order valence-corrected chi connectivity index (χ4v) is 9.62. The van der Waals surface area contributed by atoms with Crippen LogP contribution in [0, 0.1) is 5.82 Å². The lowest BCUT2D eigenvalue weighted by Gasteiger charge is -2.27. The van der Waals surface area contributed by atoms with Crippen molar-refractivity contribution in [2.24, 2.45) is 0 Å². The zero-order valence-electron chi connectivity index (χ0n) is 33.1. The first-order chi connectivity index (χ1) is 30.2. The summed E-state index contributed by atoms with van der Waals surface area (Å²) in [5.74, 6) is -0.286. The highest BCUT2D eigenvalue weighted by Gasteiger charge is 2.21. The van der Waals surface area contributed by atoms with E-state index in [4.69, 9.17) is 0 Å². The predicted octanol–water partition coefficient (Wildman–Crippen LogP) is 16.3. The van der Waals surface area contributed by atoms with E-state index in [0.717, 1.165) is 50.4 Å². The van der Waals surface area contributed by atoms with Gasteiger partial charge in [0.05, 0.1) is 16.7 Å². The van der Waals surface area contributed by atoms with Crippen LogP contribution in [0.25, 0.3) is 93.2 Å². The van der Waals surface area contributed by atoms with Crippen molar-refractivity contribution in [1.29, 1.82) is 0 Å². The van der Waals surface area contributed by atoms with Gasteiger partial charge in [-0.3, -0.25) is 0 Å². The third-order valence-electron chi connectivity index (χ3n) is 12.4. The number of nitrogens with zero attached hydrogens (tertiary/aromatic N) is 2. The quantitative estimate of drug-likeness (QED) is 0.146. The summed E-state index contributed by atoms with van der Waals surface area (Å²) in [5, 5.41) is 10.00. The van der Waals surface area contributed by atoms with E-state index in [2.05, 4.69) is 193 Å². The average molecular weight is 781 g/mol. The second kappa shape index (κ2) is 14.1. The minimum atomic E-state index is -0.286. The summed E-state index contributed by atoms with van der Waals surface area (Å²) in [5.41, 5.74) is 12.4. The molecule has 61 heavy (non-hydrogen) atoms. The molecule has 11 aromatic carbocycles. The SMILES string of the molecule is Fc1ccccc1N(c1ccc(-c2ccc3ccc4cc5c(c6ccc2c3c46)c2ccccc2n5-c2ccccc2)cc1)c1cc(-c2ccccc2)cc(-c2ccccc2)c1. The van der Waals surface area contributed by atoms with Gasteiger partial charge in [-0.15, -0.1) is 0 Å². The first kappa shape index (κ1) is 35.0.